The fourth-order valence-corrected chi connectivity index (χ4v) is 3.48. The summed E-state index contributed by atoms with van der Waals surface area (Å²) in [5.41, 5.74) is 2.87. The van der Waals surface area contributed by atoms with E-state index in [1.165, 1.54) is 29.0 Å². The fraction of sp³-hybridized carbons (Fsp3) is 0.438. The van der Waals surface area contributed by atoms with E-state index in [1.807, 2.05) is 11.6 Å². The predicted octanol–water partition coefficient (Wildman–Crippen LogP) is 4.05. The zero-order valence-electron chi connectivity index (χ0n) is 11.5. The Hall–Kier alpha value is -1.19. The molecule has 0 amide bonds. The number of hydrogen-bond donors (Lipinski definition) is 1. The topological polar surface area (TPSA) is 24.9 Å². The summed E-state index contributed by atoms with van der Waals surface area (Å²) in [5.74, 6) is 0.737. The Kier molecular flexibility index (Phi) is 3.67. The Balaban J connectivity index is 1.53. The molecule has 1 fully saturated rings. The van der Waals surface area contributed by atoms with Gasteiger partial charge in [-0.2, -0.15) is 0 Å². The van der Waals surface area contributed by atoms with Gasteiger partial charge in [0.05, 0.1) is 6.04 Å². The highest BCUT2D eigenvalue weighted by atomic mass is 32.1. The number of hydrogen-bond acceptors (Lipinski definition) is 3. The Morgan fingerprint density at radius 1 is 1.37 bits per heavy atom. The smallest absolute Gasteiger partial charge is 0.109 e. The maximum atomic E-state index is 4.37. The summed E-state index contributed by atoms with van der Waals surface area (Å²) in [5, 5.41) is 6.92. The average Bonchev–Trinajstić information content (AvgIpc) is 2.86. The molecule has 3 rings (SSSR count). The Bertz CT molecular complexity index is 529. The van der Waals surface area contributed by atoms with Gasteiger partial charge in [-0.25, -0.2) is 4.98 Å². The van der Waals surface area contributed by atoms with Crippen LogP contribution in [0.1, 0.15) is 47.9 Å². The van der Waals surface area contributed by atoms with Crippen molar-refractivity contribution < 1.29 is 0 Å². The zero-order valence-corrected chi connectivity index (χ0v) is 12.3. The van der Waals surface area contributed by atoms with Crippen molar-refractivity contribution in [3.8, 4) is 0 Å². The van der Waals surface area contributed by atoms with Crippen molar-refractivity contribution >= 4 is 11.3 Å². The van der Waals surface area contributed by atoms with E-state index in [4.69, 9.17) is 0 Å². The van der Waals surface area contributed by atoms with Crippen LogP contribution in [-0.4, -0.2) is 11.0 Å². The first kappa shape index (κ1) is 12.8. The molecule has 1 saturated carbocycles. The maximum absolute atomic E-state index is 4.37. The number of nitrogens with one attached hydrogen (secondary N) is 1. The van der Waals surface area contributed by atoms with Gasteiger partial charge in [-0.15, -0.1) is 11.3 Å². The molecule has 1 aromatic carbocycles. The van der Waals surface area contributed by atoms with Crippen LogP contribution in [0.2, 0.25) is 0 Å². The average molecular weight is 272 g/mol. The molecule has 1 aliphatic rings. The Labute approximate surface area is 118 Å². The molecule has 0 spiro atoms. The van der Waals surface area contributed by atoms with E-state index in [1.54, 1.807) is 11.3 Å². The van der Waals surface area contributed by atoms with E-state index in [0.29, 0.717) is 12.1 Å². The summed E-state index contributed by atoms with van der Waals surface area (Å²) < 4.78 is 0. The molecular formula is C16H20N2S. The third kappa shape index (κ3) is 2.88. The molecule has 19 heavy (non-hydrogen) atoms. The molecule has 1 unspecified atom stereocenters. The second-order valence-corrected chi connectivity index (χ2v) is 6.46. The minimum Gasteiger partial charge on any atom is -0.305 e. The van der Waals surface area contributed by atoms with Gasteiger partial charge in [0, 0.05) is 17.6 Å². The number of benzene rings is 1. The van der Waals surface area contributed by atoms with Gasteiger partial charge in [-0.05, 0) is 38.2 Å². The summed E-state index contributed by atoms with van der Waals surface area (Å²) in [6, 6.07) is 9.95. The summed E-state index contributed by atoms with van der Waals surface area (Å²) in [7, 11) is 0. The maximum Gasteiger partial charge on any atom is 0.109 e. The normalized spacial score (nSPS) is 23.9. The third-order valence-corrected chi connectivity index (χ3v) is 4.92. The van der Waals surface area contributed by atoms with Crippen LogP contribution in [-0.2, 0) is 0 Å². The molecule has 0 aliphatic heterocycles. The van der Waals surface area contributed by atoms with Crippen molar-refractivity contribution in [3.05, 3.63) is 52.0 Å². The van der Waals surface area contributed by atoms with E-state index in [9.17, 15) is 0 Å². The van der Waals surface area contributed by atoms with Crippen LogP contribution in [0.5, 0.6) is 0 Å². The lowest BCUT2D eigenvalue weighted by Gasteiger charge is -2.38. The van der Waals surface area contributed by atoms with Crippen LogP contribution in [0.15, 0.2) is 35.8 Å². The van der Waals surface area contributed by atoms with Gasteiger partial charge in [-0.1, -0.05) is 29.8 Å². The van der Waals surface area contributed by atoms with Gasteiger partial charge >= 0.3 is 0 Å². The van der Waals surface area contributed by atoms with Crippen LogP contribution >= 0.6 is 11.3 Å². The monoisotopic (exact) mass is 272 g/mol. The SMILES string of the molecule is Cc1cccc(C2CC(NC(C)c3nccs3)C2)c1. The highest BCUT2D eigenvalue weighted by molar-refractivity contribution is 7.09. The minimum atomic E-state index is 0.378. The van der Waals surface area contributed by atoms with E-state index < -0.39 is 0 Å². The number of rotatable bonds is 4. The van der Waals surface area contributed by atoms with E-state index in [0.717, 1.165) is 5.92 Å². The molecule has 0 saturated heterocycles. The lowest BCUT2D eigenvalue weighted by atomic mass is 9.75. The second-order valence-electron chi connectivity index (χ2n) is 5.54. The van der Waals surface area contributed by atoms with Crippen molar-refractivity contribution in [3.63, 3.8) is 0 Å². The quantitative estimate of drug-likeness (QED) is 0.908. The van der Waals surface area contributed by atoms with Crippen molar-refractivity contribution in [2.24, 2.45) is 0 Å². The molecule has 0 bridgehead atoms. The van der Waals surface area contributed by atoms with Crippen LogP contribution in [0.3, 0.4) is 0 Å². The minimum absolute atomic E-state index is 0.378. The lowest BCUT2D eigenvalue weighted by molar-refractivity contribution is 0.270. The molecule has 2 aromatic rings. The summed E-state index contributed by atoms with van der Waals surface area (Å²) in [6.45, 7) is 4.38. The van der Waals surface area contributed by atoms with Crippen LogP contribution in [0.25, 0.3) is 0 Å². The number of aryl methyl sites for hydroxylation is 1. The summed E-state index contributed by atoms with van der Waals surface area (Å²) in [6.07, 6.45) is 4.38. The first-order chi connectivity index (χ1) is 9.22. The molecule has 100 valence electrons. The van der Waals surface area contributed by atoms with Crippen LogP contribution in [0.4, 0.5) is 0 Å². The molecule has 1 aromatic heterocycles. The molecule has 2 nitrogen and oxygen atoms in total. The second kappa shape index (κ2) is 5.43. The Morgan fingerprint density at radius 2 is 2.21 bits per heavy atom. The molecule has 1 N–H and O–H groups in total. The van der Waals surface area contributed by atoms with Crippen molar-refractivity contribution in [1.29, 1.82) is 0 Å². The highest BCUT2D eigenvalue weighted by Gasteiger charge is 2.31. The van der Waals surface area contributed by atoms with Crippen molar-refractivity contribution in [2.45, 2.75) is 44.7 Å². The van der Waals surface area contributed by atoms with Gasteiger partial charge in [-0.3, -0.25) is 0 Å². The van der Waals surface area contributed by atoms with Crippen LogP contribution < -0.4 is 5.32 Å². The fourth-order valence-electron chi connectivity index (χ4n) is 2.82. The zero-order chi connectivity index (χ0) is 13.2. The summed E-state index contributed by atoms with van der Waals surface area (Å²) in [4.78, 5) is 4.37. The lowest BCUT2D eigenvalue weighted by Crippen LogP contribution is -2.41. The largest absolute Gasteiger partial charge is 0.305 e. The molecule has 3 heteroatoms. The van der Waals surface area contributed by atoms with Gasteiger partial charge in [0.1, 0.15) is 5.01 Å². The third-order valence-electron chi connectivity index (χ3n) is 3.96. The highest BCUT2D eigenvalue weighted by Crippen LogP contribution is 2.38. The molecule has 0 radical (unpaired) electrons. The number of nitrogens with zero attached hydrogens (tertiary/aromatic N) is 1. The van der Waals surface area contributed by atoms with Gasteiger partial charge in [0.15, 0.2) is 0 Å². The molecule has 1 aliphatic carbocycles. The van der Waals surface area contributed by atoms with E-state index in [2.05, 4.69) is 48.4 Å². The van der Waals surface area contributed by atoms with Gasteiger partial charge in [0.25, 0.3) is 0 Å². The number of aromatic nitrogens is 1. The molecular weight excluding hydrogens is 252 g/mol. The van der Waals surface area contributed by atoms with Crippen molar-refractivity contribution in [1.82, 2.24) is 10.3 Å². The van der Waals surface area contributed by atoms with Crippen LogP contribution in [0, 0.1) is 6.92 Å². The van der Waals surface area contributed by atoms with Gasteiger partial charge in [0.2, 0.25) is 0 Å². The predicted molar refractivity (Wildman–Crippen MR) is 80.6 cm³/mol. The van der Waals surface area contributed by atoms with Gasteiger partial charge < -0.3 is 5.32 Å². The molecule has 1 heterocycles. The van der Waals surface area contributed by atoms with E-state index in [-0.39, 0.29) is 0 Å². The van der Waals surface area contributed by atoms with Crippen molar-refractivity contribution in [2.75, 3.05) is 0 Å². The Morgan fingerprint density at radius 3 is 2.89 bits per heavy atom. The summed E-state index contributed by atoms with van der Waals surface area (Å²) >= 11 is 1.73. The molecule has 1 atom stereocenters. The first-order valence-electron chi connectivity index (χ1n) is 6.94. The van der Waals surface area contributed by atoms with E-state index >= 15 is 0 Å². The first-order valence-corrected chi connectivity index (χ1v) is 7.82. The number of thiazole rings is 1. The standard InChI is InChI=1S/C16H20N2S/c1-11-4-3-5-13(8-11)14-9-15(10-14)18-12(2)16-17-6-7-19-16/h3-8,12,14-15,18H,9-10H2,1-2H3.